The van der Waals surface area contributed by atoms with Crippen LogP contribution in [-0.4, -0.2) is 35.9 Å². The van der Waals surface area contributed by atoms with Crippen LogP contribution in [0.5, 0.6) is 0 Å². The minimum Gasteiger partial charge on any atom is -0.385 e. The zero-order chi connectivity index (χ0) is 18.4. The van der Waals surface area contributed by atoms with Crippen LogP contribution in [0.2, 0.25) is 0 Å². The van der Waals surface area contributed by atoms with Gasteiger partial charge in [0.2, 0.25) is 5.91 Å². The molecule has 1 unspecified atom stereocenters. The van der Waals surface area contributed by atoms with Gasteiger partial charge in [-0.15, -0.1) is 0 Å². The summed E-state index contributed by atoms with van der Waals surface area (Å²) in [6.07, 6.45) is 0.00381. The van der Waals surface area contributed by atoms with Gasteiger partial charge >= 0.3 is 0 Å². The van der Waals surface area contributed by atoms with Gasteiger partial charge in [0.15, 0.2) is 0 Å². The molecule has 5 nitrogen and oxygen atoms in total. The largest absolute Gasteiger partial charge is 0.385 e. The van der Waals surface area contributed by atoms with E-state index >= 15 is 0 Å². The predicted molar refractivity (Wildman–Crippen MR) is 96.9 cm³/mol. The van der Waals surface area contributed by atoms with Gasteiger partial charge in [-0.05, 0) is 30.2 Å². The van der Waals surface area contributed by atoms with Gasteiger partial charge in [-0.3, -0.25) is 9.59 Å². The first-order chi connectivity index (χ1) is 11.8. The Hall–Kier alpha value is -2.66. The second kappa shape index (κ2) is 7.94. The van der Waals surface area contributed by atoms with E-state index in [9.17, 15) is 14.7 Å². The molecule has 2 rings (SSSR count). The van der Waals surface area contributed by atoms with E-state index in [-0.39, 0.29) is 18.2 Å². The first-order valence-electron chi connectivity index (χ1n) is 8.16. The summed E-state index contributed by atoms with van der Waals surface area (Å²) in [7, 11) is 3.29. The normalized spacial score (nSPS) is 13.0. The molecule has 25 heavy (non-hydrogen) atoms. The maximum absolute atomic E-state index is 12.5. The standard InChI is InChI=1S/C20H24N2O3/c1-20(25,17-7-5-4-6-8-17)13-18(23)22(3)14-15-9-11-16(12-10-15)19(24)21-2/h4-12,25H,13-14H2,1-3H3,(H,21,24). The molecule has 1 atom stereocenters. The maximum Gasteiger partial charge on any atom is 0.251 e. The summed E-state index contributed by atoms with van der Waals surface area (Å²) in [5.41, 5.74) is 0.997. The number of rotatable bonds is 6. The Morgan fingerprint density at radius 1 is 1.08 bits per heavy atom. The summed E-state index contributed by atoms with van der Waals surface area (Å²) in [6.45, 7) is 2.06. The second-order valence-corrected chi connectivity index (χ2v) is 6.34. The molecular formula is C20H24N2O3. The Balaban J connectivity index is 1.99. The third-order valence-corrected chi connectivity index (χ3v) is 4.18. The summed E-state index contributed by atoms with van der Waals surface area (Å²) in [5.74, 6) is -0.292. The SMILES string of the molecule is CNC(=O)c1ccc(CN(C)C(=O)CC(C)(O)c2ccccc2)cc1. The lowest BCUT2D eigenvalue weighted by molar-refractivity contribution is -0.135. The minimum absolute atomic E-state index is 0.00381. The summed E-state index contributed by atoms with van der Waals surface area (Å²) in [4.78, 5) is 25.6. The lowest BCUT2D eigenvalue weighted by atomic mass is 9.92. The van der Waals surface area contributed by atoms with Crippen LogP contribution in [0.4, 0.5) is 0 Å². The summed E-state index contributed by atoms with van der Waals surface area (Å²) in [5, 5.41) is 13.2. The number of amides is 2. The first-order valence-corrected chi connectivity index (χ1v) is 8.16. The predicted octanol–water partition coefficient (Wildman–Crippen LogP) is 2.30. The molecule has 0 aliphatic rings. The molecule has 132 valence electrons. The molecule has 0 spiro atoms. The fourth-order valence-electron chi connectivity index (χ4n) is 2.60. The molecule has 0 saturated heterocycles. The van der Waals surface area contributed by atoms with E-state index in [1.165, 1.54) is 0 Å². The zero-order valence-electron chi connectivity index (χ0n) is 14.8. The zero-order valence-corrected chi connectivity index (χ0v) is 14.8. The van der Waals surface area contributed by atoms with Gasteiger partial charge in [-0.25, -0.2) is 0 Å². The van der Waals surface area contributed by atoms with Crippen LogP contribution in [0, 0.1) is 0 Å². The van der Waals surface area contributed by atoms with E-state index in [0.717, 1.165) is 5.56 Å². The van der Waals surface area contributed by atoms with Crippen molar-refractivity contribution in [1.29, 1.82) is 0 Å². The van der Waals surface area contributed by atoms with Crippen molar-refractivity contribution in [3.63, 3.8) is 0 Å². The average Bonchev–Trinajstić information content (AvgIpc) is 2.62. The summed E-state index contributed by atoms with van der Waals surface area (Å²) < 4.78 is 0. The Bertz CT molecular complexity index is 724. The van der Waals surface area contributed by atoms with Crippen molar-refractivity contribution in [2.45, 2.75) is 25.5 Å². The molecule has 0 aliphatic carbocycles. The Labute approximate surface area is 148 Å². The summed E-state index contributed by atoms with van der Waals surface area (Å²) >= 11 is 0. The van der Waals surface area contributed by atoms with Crippen LogP contribution in [0.1, 0.15) is 34.8 Å². The Kier molecular flexibility index (Phi) is 5.93. The van der Waals surface area contributed by atoms with E-state index in [0.29, 0.717) is 17.7 Å². The van der Waals surface area contributed by atoms with E-state index in [1.807, 2.05) is 42.5 Å². The first kappa shape index (κ1) is 18.7. The summed E-state index contributed by atoms with van der Waals surface area (Å²) in [6, 6.07) is 16.3. The molecule has 2 N–H and O–H groups in total. The van der Waals surface area contributed by atoms with E-state index < -0.39 is 5.60 Å². The third-order valence-electron chi connectivity index (χ3n) is 4.18. The second-order valence-electron chi connectivity index (χ2n) is 6.34. The van der Waals surface area contributed by atoms with E-state index in [1.54, 1.807) is 38.1 Å². The monoisotopic (exact) mass is 340 g/mol. The van der Waals surface area contributed by atoms with Crippen LogP contribution in [0.25, 0.3) is 0 Å². The molecule has 0 fully saturated rings. The molecule has 5 heteroatoms. The molecule has 0 bridgehead atoms. The Morgan fingerprint density at radius 3 is 2.24 bits per heavy atom. The molecule has 2 aromatic carbocycles. The molecule has 0 aliphatic heterocycles. The number of nitrogens with one attached hydrogen (secondary N) is 1. The number of benzene rings is 2. The molecule has 2 amide bonds. The average molecular weight is 340 g/mol. The number of carbonyl (C=O) groups excluding carboxylic acids is 2. The highest BCUT2D eigenvalue weighted by atomic mass is 16.3. The van der Waals surface area contributed by atoms with Crippen LogP contribution in [0.15, 0.2) is 54.6 Å². The maximum atomic E-state index is 12.5. The van der Waals surface area contributed by atoms with Crippen LogP contribution >= 0.6 is 0 Å². The van der Waals surface area contributed by atoms with Gasteiger partial charge in [0.05, 0.1) is 12.0 Å². The number of nitrogens with zero attached hydrogens (tertiary/aromatic N) is 1. The lowest BCUT2D eigenvalue weighted by Crippen LogP contribution is -2.34. The quantitative estimate of drug-likeness (QED) is 0.848. The third kappa shape index (κ3) is 4.90. The smallest absolute Gasteiger partial charge is 0.251 e. The van der Waals surface area contributed by atoms with Crippen LogP contribution in [-0.2, 0) is 16.9 Å². The fourth-order valence-corrected chi connectivity index (χ4v) is 2.60. The van der Waals surface area contributed by atoms with Gasteiger partial charge in [0.25, 0.3) is 5.91 Å². The van der Waals surface area contributed by atoms with Gasteiger partial charge in [-0.2, -0.15) is 0 Å². The van der Waals surface area contributed by atoms with Crippen molar-refractivity contribution < 1.29 is 14.7 Å². The van der Waals surface area contributed by atoms with Crippen molar-refractivity contribution in [1.82, 2.24) is 10.2 Å². The molecular weight excluding hydrogens is 316 g/mol. The van der Waals surface area contributed by atoms with Gasteiger partial charge in [0.1, 0.15) is 0 Å². The molecule has 0 aromatic heterocycles. The van der Waals surface area contributed by atoms with Gasteiger partial charge < -0.3 is 15.3 Å². The molecule has 0 radical (unpaired) electrons. The molecule has 0 saturated carbocycles. The van der Waals surface area contributed by atoms with Crippen LogP contribution in [0.3, 0.4) is 0 Å². The molecule has 0 heterocycles. The lowest BCUT2D eigenvalue weighted by Gasteiger charge is -2.26. The van der Waals surface area contributed by atoms with Crippen LogP contribution < -0.4 is 5.32 Å². The van der Waals surface area contributed by atoms with Gasteiger partial charge in [-0.1, -0.05) is 42.5 Å². The Morgan fingerprint density at radius 2 is 1.68 bits per heavy atom. The highest BCUT2D eigenvalue weighted by molar-refractivity contribution is 5.93. The van der Waals surface area contributed by atoms with Crippen molar-refractivity contribution in [2.75, 3.05) is 14.1 Å². The van der Waals surface area contributed by atoms with Crippen molar-refractivity contribution in [2.24, 2.45) is 0 Å². The molecule has 2 aromatic rings. The topological polar surface area (TPSA) is 69.6 Å². The van der Waals surface area contributed by atoms with E-state index in [2.05, 4.69) is 5.32 Å². The number of hydrogen-bond donors (Lipinski definition) is 2. The highest BCUT2D eigenvalue weighted by Crippen LogP contribution is 2.25. The van der Waals surface area contributed by atoms with Crippen molar-refractivity contribution in [3.8, 4) is 0 Å². The fraction of sp³-hybridized carbons (Fsp3) is 0.300. The van der Waals surface area contributed by atoms with Gasteiger partial charge in [0, 0.05) is 26.2 Å². The van der Waals surface area contributed by atoms with E-state index in [4.69, 9.17) is 0 Å². The number of hydrogen-bond acceptors (Lipinski definition) is 3. The van der Waals surface area contributed by atoms with Crippen molar-refractivity contribution in [3.05, 3.63) is 71.3 Å². The minimum atomic E-state index is -1.21. The number of aliphatic hydroxyl groups is 1. The number of carbonyl (C=O) groups is 2. The highest BCUT2D eigenvalue weighted by Gasteiger charge is 2.28. The van der Waals surface area contributed by atoms with Crippen molar-refractivity contribution >= 4 is 11.8 Å².